The summed E-state index contributed by atoms with van der Waals surface area (Å²) in [6.07, 6.45) is 11.6. The fourth-order valence-electron chi connectivity index (χ4n) is 3.34. The quantitative estimate of drug-likeness (QED) is 0.734. The highest BCUT2D eigenvalue weighted by atomic mass is 15.1. The van der Waals surface area contributed by atoms with E-state index in [0.717, 1.165) is 55.1 Å². The Morgan fingerprint density at radius 1 is 0.880 bits per heavy atom. The Morgan fingerprint density at radius 3 is 2.32 bits per heavy atom. The molecule has 5 heteroatoms. The van der Waals surface area contributed by atoms with E-state index in [1.54, 1.807) is 12.4 Å². The van der Waals surface area contributed by atoms with E-state index in [0.29, 0.717) is 5.92 Å². The number of piperidine rings is 1. The van der Waals surface area contributed by atoms with Crippen LogP contribution in [0.15, 0.2) is 61.3 Å². The summed E-state index contributed by atoms with van der Waals surface area (Å²) in [5, 5.41) is 0. The van der Waals surface area contributed by atoms with Gasteiger partial charge in [-0.05, 0) is 25.9 Å². The minimum atomic E-state index is 0.529. The maximum atomic E-state index is 4.52. The Balaban J connectivity index is 1.34. The van der Waals surface area contributed by atoms with Gasteiger partial charge in [0.25, 0.3) is 0 Å². The molecule has 0 spiro atoms. The van der Waals surface area contributed by atoms with E-state index in [4.69, 9.17) is 0 Å². The molecule has 1 aliphatic rings. The number of likely N-dealkylation sites (tertiary alicyclic amines) is 1. The van der Waals surface area contributed by atoms with E-state index in [-0.39, 0.29) is 0 Å². The van der Waals surface area contributed by atoms with Crippen LogP contribution in [0, 0.1) is 0 Å². The molecule has 4 rings (SSSR count). The first kappa shape index (κ1) is 15.8. The van der Waals surface area contributed by atoms with Crippen LogP contribution in [0.1, 0.15) is 30.0 Å². The smallest absolute Gasteiger partial charge is 0.159 e. The average Bonchev–Trinajstić information content (AvgIpc) is 2.71. The molecular weight excluding hydrogens is 310 g/mol. The fourth-order valence-corrected chi connectivity index (χ4v) is 3.34. The predicted octanol–water partition coefficient (Wildman–Crippen LogP) is 3.31. The highest BCUT2D eigenvalue weighted by Gasteiger charge is 2.21. The van der Waals surface area contributed by atoms with Crippen molar-refractivity contribution in [3.63, 3.8) is 0 Å². The van der Waals surface area contributed by atoms with Gasteiger partial charge in [-0.25, -0.2) is 9.97 Å². The van der Waals surface area contributed by atoms with Crippen molar-refractivity contribution in [3.8, 4) is 11.4 Å². The lowest BCUT2D eigenvalue weighted by molar-refractivity contribution is 0.203. The molecule has 0 bridgehead atoms. The molecule has 3 aromatic rings. The predicted molar refractivity (Wildman–Crippen MR) is 96.8 cm³/mol. The normalized spacial score (nSPS) is 16.0. The molecule has 1 fully saturated rings. The van der Waals surface area contributed by atoms with Gasteiger partial charge in [0, 0.05) is 54.6 Å². The molecule has 126 valence electrons. The van der Waals surface area contributed by atoms with E-state index >= 15 is 0 Å². The highest BCUT2D eigenvalue weighted by molar-refractivity contribution is 5.53. The van der Waals surface area contributed by atoms with E-state index < -0.39 is 0 Å². The van der Waals surface area contributed by atoms with Crippen molar-refractivity contribution in [1.29, 1.82) is 0 Å². The summed E-state index contributed by atoms with van der Waals surface area (Å²) >= 11 is 0. The summed E-state index contributed by atoms with van der Waals surface area (Å²) in [6, 6.07) is 10.1. The molecule has 2 aromatic heterocycles. The maximum absolute atomic E-state index is 4.52. The second-order valence-electron chi connectivity index (χ2n) is 6.46. The SMILES string of the molecule is c1ccc(-c2ncc(CN3CCC(c4cnccn4)CC3)cn2)cc1. The zero-order valence-electron chi connectivity index (χ0n) is 14.1. The standard InChI is InChI=1S/C20H21N5/c1-2-4-18(5-3-1)20-23-12-16(13-24-20)15-25-10-6-17(7-11-25)19-14-21-8-9-22-19/h1-5,8-9,12-14,17H,6-7,10-11,15H2. The highest BCUT2D eigenvalue weighted by Crippen LogP contribution is 2.26. The van der Waals surface area contributed by atoms with Crippen LogP contribution in [0.2, 0.25) is 0 Å². The van der Waals surface area contributed by atoms with E-state index in [1.165, 1.54) is 0 Å². The van der Waals surface area contributed by atoms with E-state index in [1.807, 2.05) is 48.9 Å². The first-order valence-electron chi connectivity index (χ1n) is 8.73. The molecule has 0 radical (unpaired) electrons. The van der Waals surface area contributed by atoms with Crippen molar-refractivity contribution in [3.05, 3.63) is 72.6 Å². The second kappa shape index (κ2) is 7.49. The van der Waals surface area contributed by atoms with Gasteiger partial charge in [0.05, 0.1) is 5.69 Å². The van der Waals surface area contributed by atoms with Crippen LogP contribution < -0.4 is 0 Å². The molecule has 0 unspecified atom stereocenters. The van der Waals surface area contributed by atoms with Gasteiger partial charge in [-0.1, -0.05) is 30.3 Å². The third-order valence-corrected chi connectivity index (χ3v) is 4.73. The van der Waals surface area contributed by atoms with Crippen LogP contribution in [-0.4, -0.2) is 37.9 Å². The minimum absolute atomic E-state index is 0.529. The zero-order chi connectivity index (χ0) is 16.9. The Bertz CT molecular complexity index is 781. The van der Waals surface area contributed by atoms with Crippen LogP contribution in [0.4, 0.5) is 0 Å². The van der Waals surface area contributed by atoms with Gasteiger partial charge in [-0.15, -0.1) is 0 Å². The monoisotopic (exact) mass is 331 g/mol. The summed E-state index contributed by atoms with van der Waals surface area (Å²) in [5.41, 5.74) is 3.34. The number of aromatic nitrogens is 4. The van der Waals surface area contributed by atoms with Crippen LogP contribution in [0.25, 0.3) is 11.4 Å². The number of rotatable bonds is 4. The average molecular weight is 331 g/mol. The maximum Gasteiger partial charge on any atom is 0.159 e. The van der Waals surface area contributed by atoms with Gasteiger partial charge >= 0.3 is 0 Å². The third kappa shape index (κ3) is 3.88. The van der Waals surface area contributed by atoms with Crippen LogP contribution in [-0.2, 0) is 6.54 Å². The summed E-state index contributed by atoms with van der Waals surface area (Å²) < 4.78 is 0. The zero-order valence-corrected chi connectivity index (χ0v) is 14.1. The number of benzene rings is 1. The number of hydrogen-bond acceptors (Lipinski definition) is 5. The number of nitrogens with zero attached hydrogens (tertiary/aromatic N) is 5. The molecule has 0 aliphatic carbocycles. The van der Waals surface area contributed by atoms with Gasteiger partial charge in [-0.2, -0.15) is 0 Å². The van der Waals surface area contributed by atoms with E-state index in [9.17, 15) is 0 Å². The Hall–Kier alpha value is -2.66. The molecule has 1 saturated heterocycles. The van der Waals surface area contributed by atoms with Gasteiger partial charge in [0.1, 0.15) is 0 Å². The van der Waals surface area contributed by atoms with Crippen LogP contribution in [0.5, 0.6) is 0 Å². The molecule has 0 atom stereocenters. The summed E-state index contributed by atoms with van der Waals surface area (Å²) in [6.45, 7) is 3.05. The first-order valence-corrected chi connectivity index (χ1v) is 8.73. The summed E-state index contributed by atoms with van der Waals surface area (Å²) in [5.74, 6) is 1.31. The lowest BCUT2D eigenvalue weighted by Crippen LogP contribution is -2.32. The van der Waals surface area contributed by atoms with E-state index in [2.05, 4.69) is 24.8 Å². The van der Waals surface area contributed by atoms with Crippen molar-refractivity contribution >= 4 is 0 Å². The molecule has 0 amide bonds. The lowest BCUT2D eigenvalue weighted by atomic mass is 9.93. The topological polar surface area (TPSA) is 54.8 Å². The molecule has 0 N–H and O–H groups in total. The molecule has 0 saturated carbocycles. The third-order valence-electron chi connectivity index (χ3n) is 4.73. The second-order valence-corrected chi connectivity index (χ2v) is 6.46. The van der Waals surface area contributed by atoms with Gasteiger partial charge < -0.3 is 0 Å². The molecule has 5 nitrogen and oxygen atoms in total. The van der Waals surface area contributed by atoms with Gasteiger partial charge in [0.2, 0.25) is 0 Å². The first-order chi connectivity index (χ1) is 12.4. The minimum Gasteiger partial charge on any atom is -0.299 e. The largest absolute Gasteiger partial charge is 0.299 e. The summed E-state index contributed by atoms with van der Waals surface area (Å²) in [4.78, 5) is 20.1. The summed E-state index contributed by atoms with van der Waals surface area (Å²) in [7, 11) is 0. The van der Waals surface area contributed by atoms with Gasteiger partial charge in [-0.3, -0.25) is 14.9 Å². The molecule has 1 aliphatic heterocycles. The van der Waals surface area contributed by atoms with Crippen molar-refractivity contribution in [2.45, 2.75) is 25.3 Å². The van der Waals surface area contributed by atoms with Crippen molar-refractivity contribution in [2.24, 2.45) is 0 Å². The fraction of sp³-hybridized carbons (Fsp3) is 0.300. The molecule has 3 heterocycles. The Labute approximate surface area is 147 Å². The Morgan fingerprint density at radius 2 is 1.64 bits per heavy atom. The van der Waals surface area contributed by atoms with Crippen molar-refractivity contribution in [1.82, 2.24) is 24.8 Å². The van der Waals surface area contributed by atoms with Crippen molar-refractivity contribution < 1.29 is 0 Å². The van der Waals surface area contributed by atoms with Crippen molar-refractivity contribution in [2.75, 3.05) is 13.1 Å². The number of hydrogen-bond donors (Lipinski definition) is 0. The van der Waals surface area contributed by atoms with Crippen LogP contribution >= 0.6 is 0 Å². The van der Waals surface area contributed by atoms with Gasteiger partial charge in [0.15, 0.2) is 5.82 Å². The lowest BCUT2D eigenvalue weighted by Gasteiger charge is -2.31. The molecule has 25 heavy (non-hydrogen) atoms. The van der Waals surface area contributed by atoms with Crippen LogP contribution in [0.3, 0.4) is 0 Å². The molecular formula is C20H21N5. The molecule has 1 aromatic carbocycles. The Kier molecular flexibility index (Phi) is 4.74.